The van der Waals surface area contributed by atoms with Crippen molar-refractivity contribution in [2.45, 2.75) is 12.3 Å². The Morgan fingerprint density at radius 1 is 1.56 bits per heavy atom. The Bertz CT molecular complexity index is 319. The molecule has 92 valence electrons. The van der Waals surface area contributed by atoms with Crippen LogP contribution in [0.25, 0.3) is 0 Å². The normalized spacial score (nSPS) is 10.7. The molecule has 0 fully saturated rings. The number of alkyl halides is 2. The highest BCUT2D eigenvalue weighted by Crippen LogP contribution is 2.09. The molecule has 0 spiro atoms. The minimum absolute atomic E-state index is 0. The molecular formula is C9H13ClF2N2OS. The number of carbonyl (C=O) groups is 1. The predicted molar refractivity (Wildman–Crippen MR) is 62.3 cm³/mol. The largest absolute Gasteiger partial charge is 0.350 e. The van der Waals surface area contributed by atoms with Gasteiger partial charge in [-0.15, -0.1) is 12.4 Å². The first-order valence-electron chi connectivity index (χ1n) is 4.39. The molecule has 0 atom stereocenters. The van der Waals surface area contributed by atoms with E-state index in [4.69, 9.17) is 5.73 Å². The second-order valence-electron chi connectivity index (χ2n) is 3.15. The average Bonchev–Trinajstić information content (AvgIpc) is 2.68. The number of nitrogens with two attached hydrogens (primary N) is 1. The molecule has 0 aliphatic carbocycles. The molecule has 1 rings (SSSR count). The molecule has 0 bridgehead atoms. The van der Waals surface area contributed by atoms with Crippen LogP contribution in [0.3, 0.4) is 0 Å². The van der Waals surface area contributed by atoms with Gasteiger partial charge in [-0.25, -0.2) is 8.78 Å². The molecule has 1 heterocycles. The van der Waals surface area contributed by atoms with Gasteiger partial charge < -0.3 is 11.1 Å². The van der Waals surface area contributed by atoms with Crippen molar-refractivity contribution in [2.75, 3.05) is 13.1 Å². The lowest BCUT2D eigenvalue weighted by Crippen LogP contribution is -2.41. The van der Waals surface area contributed by atoms with E-state index < -0.39 is 24.9 Å². The third-order valence-corrected chi connectivity index (χ3v) is 2.52. The molecule has 3 nitrogen and oxygen atoms in total. The Kier molecular flexibility index (Phi) is 6.47. The minimum atomic E-state index is -3.02. The zero-order valence-corrected chi connectivity index (χ0v) is 10.0. The summed E-state index contributed by atoms with van der Waals surface area (Å²) in [6.45, 7) is -1.46. The van der Waals surface area contributed by atoms with Crippen molar-refractivity contribution in [1.82, 2.24) is 5.32 Å². The van der Waals surface area contributed by atoms with Crippen LogP contribution < -0.4 is 11.1 Å². The van der Waals surface area contributed by atoms with E-state index in [-0.39, 0.29) is 18.8 Å². The van der Waals surface area contributed by atoms with E-state index in [1.165, 1.54) is 11.3 Å². The van der Waals surface area contributed by atoms with Crippen molar-refractivity contribution in [3.63, 3.8) is 0 Å². The average molecular weight is 271 g/mol. The van der Waals surface area contributed by atoms with Crippen LogP contribution in [-0.2, 0) is 11.2 Å². The molecular weight excluding hydrogens is 258 g/mol. The van der Waals surface area contributed by atoms with Gasteiger partial charge in [-0.1, -0.05) is 0 Å². The van der Waals surface area contributed by atoms with Gasteiger partial charge in [-0.05, 0) is 22.4 Å². The Labute approximate surface area is 102 Å². The Balaban J connectivity index is 0.00000225. The fraction of sp³-hybridized carbons (Fsp3) is 0.444. The molecule has 0 saturated heterocycles. The van der Waals surface area contributed by atoms with Crippen LogP contribution in [0.4, 0.5) is 8.78 Å². The van der Waals surface area contributed by atoms with Gasteiger partial charge in [-0.2, -0.15) is 11.3 Å². The van der Waals surface area contributed by atoms with E-state index in [1.54, 1.807) is 11.4 Å². The van der Waals surface area contributed by atoms with Crippen molar-refractivity contribution in [3.05, 3.63) is 22.4 Å². The van der Waals surface area contributed by atoms with Gasteiger partial charge in [0.05, 0.1) is 19.5 Å². The number of amides is 1. The topological polar surface area (TPSA) is 55.1 Å². The first kappa shape index (κ1) is 15.3. The molecule has 1 amide bonds. The van der Waals surface area contributed by atoms with Crippen LogP contribution in [0.2, 0.25) is 0 Å². The van der Waals surface area contributed by atoms with Crippen molar-refractivity contribution in [1.29, 1.82) is 0 Å². The van der Waals surface area contributed by atoms with Crippen LogP contribution in [0.1, 0.15) is 5.56 Å². The summed E-state index contributed by atoms with van der Waals surface area (Å²) in [7, 11) is 0. The van der Waals surface area contributed by atoms with Crippen LogP contribution in [-0.4, -0.2) is 24.9 Å². The summed E-state index contributed by atoms with van der Waals surface area (Å²) in [4.78, 5) is 11.2. The molecule has 0 saturated carbocycles. The lowest BCUT2D eigenvalue weighted by Gasteiger charge is -2.14. The van der Waals surface area contributed by atoms with Crippen LogP contribution in [0.5, 0.6) is 0 Å². The molecule has 16 heavy (non-hydrogen) atoms. The number of thiophene rings is 1. The van der Waals surface area contributed by atoms with Gasteiger partial charge in [0.1, 0.15) is 0 Å². The summed E-state index contributed by atoms with van der Waals surface area (Å²) >= 11 is 1.46. The number of rotatable bonds is 5. The van der Waals surface area contributed by atoms with E-state index >= 15 is 0 Å². The monoisotopic (exact) mass is 270 g/mol. The van der Waals surface area contributed by atoms with E-state index in [2.05, 4.69) is 5.32 Å². The van der Waals surface area contributed by atoms with Gasteiger partial charge in [-0.3, -0.25) is 4.79 Å². The Morgan fingerprint density at radius 3 is 2.75 bits per heavy atom. The molecule has 0 unspecified atom stereocenters. The first-order valence-corrected chi connectivity index (χ1v) is 5.33. The summed E-state index contributed by atoms with van der Waals surface area (Å²) in [6, 6.07) is 1.78. The van der Waals surface area contributed by atoms with Crippen molar-refractivity contribution >= 4 is 29.7 Å². The van der Waals surface area contributed by atoms with Crippen LogP contribution in [0.15, 0.2) is 16.8 Å². The molecule has 1 aromatic rings. The maximum atomic E-state index is 12.7. The smallest absolute Gasteiger partial charge is 0.277 e. The SMILES string of the molecule is Cl.NCC(F)(F)CNC(=O)Cc1ccsc1. The van der Waals surface area contributed by atoms with E-state index in [0.29, 0.717) is 0 Å². The highest BCUT2D eigenvalue weighted by atomic mass is 35.5. The third-order valence-electron chi connectivity index (χ3n) is 1.79. The minimum Gasteiger partial charge on any atom is -0.350 e. The molecule has 0 aliphatic rings. The van der Waals surface area contributed by atoms with E-state index in [9.17, 15) is 13.6 Å². The lowest BCUT2D eigenvalue weighted by atomic mass is 10.2. The van der Waals surface area contributed by atoms with Crippen molar-refractivity contribution in [2.24, 2.45) is 5.73 Å². The number of halogens is 3. The second-order valence-corrected chi connectivity index (χ2v) is 3.93. The van der Waals surface area contributed by atoms with Gasteiger partial charge in [0, 0.05) is 0 Å². The fourth-order valence-corrected chi connectivity index (χ4v) is 1.61. The quantitative estimate of drug-likeness (QED) is 0.850. The third kappa shape index (κ3) is 5.39. The molecule has 7 heteroatoms. The molecule has 0 aromatic carbocycles. The zero-order valence-electron chi connectivity index (χ0n) is 8.41. The fourth-order valence-electron chi connectivity index (χ4n) is 0.941. The van der Waals surface area contributed by atoms with E-state index in [0.717, 1.165) is 5.56 Å². The predicted octanol–water partition coefficient (Wildman–Crippen LogP) is 1.42. The molecule has 1 aromatic heterocycles. The standard InChI is InChI=1S/C9H12F2N2OS.ClH/c10-9(11,5-12)6-13-8(14)3-7-1-2-15-4-7;/h1-2,4H,3,5-6,12H2,(H,13,14);1H. The van der Waals surface area contributed by atoms with Crippen LogP contribution in [0, 0.1) is 0 Å². The van der Waals surface area contributed by atoms with Gasteiger partial charge in [0.2, 0.25) is 5.91 Å². The number of carbonyl (C=O) groups excluding carboxylic acids is 1. The van der Waals surface area contributed by atoms with Crippen LogP contribution >= 0.6 is 23.7 Å². The number of hydrogen-bond acceptors (Lipinski definition) is 3. The summed E-state index contributed by atoms with van der Waals surface area (Å²) in [6.07, 6.45) is 0.129. The van der Waals surface area contributed by atoms with E-state index in [1.807, 2.05) is 5.38 Å². The molecule has 0 radical (unpaired) electrons. The zero-order chi connectivity index (χ0) is 11.3. The highest BCUT2D eigenvalue weighted by molar-refractivity contribution is 7.07. The number of hydrogen-bond donors (Lipinski definition) is 2. The summed E-state index contributed by atoms with van der Waals surface area (Å²) in [5.41, 5.74) is 5.66. The molecule has 3 N–H and O–H groups in total. The van der Waals surface area contributed by atoms with Crippen molar-refractivity contribution < 1.29 is 13.6 Å². The Hall–Kier alpha value is -0.720. The number of nitrogens with one attached hydrogen (secondary N) is 1. The maximum absolute atomic E-state index is 12.7. The lowest BCUT2D eigenvalue weighted by molar-refractivity contribution is -0.122. The van der Waals surface area contributed by atoms with Crippen molar-refractivity contribution in [3.8, 4) is 0 Å². The highest BCUT2D eigenvalue weighted by Gasteiger charge is 2.26. The maximum Gasteiger partial charge on any atom is 0.277 e. The molecule has 0 aliphatic heterocycles. The first-order chi connectivity index (χ1) is 7.03. The van der Waals surface area contributed by atoms with Gasteiger partial charge >= 0.3 is 0 Å². The Morgan fingerprint density at radius 2 is 2.25 bits per heavy atom. The summed E-state index contributed by atoms with van der Waals surface area (Å²) in [5.74, 6) is -3.44. The second kappa shape index (κ2) is 6.78. The van der Waals surface area contributed by atoms with Gasteiger partial charge in [0.15, 0.2) is 0 Å². The summed E-state index contributed by atoms with van der Waals surface area (Å²) < 4.78 is 25.3. The summed E-state index contributed by atoms with van der Waals surface area (Å²) in [5, 5.41) is 5.78. The van der Waals surface area contributed by atoms with Gasteiger partial charge in [0.25, 0.3) is 5.92 Å².